The molecule has 0 aliphatic rings. The SMILES string of the molecule is CC(C)c1cccc(OCC(=O)NCc2cn[nH]c2)c1. The van der Waals surface area contributed by atoms with E-state index >= 15 is 0 Å². The van der Waals surface area contributed by atoms with E-state index in [0.29, 0.717) is 12.5 Å². The van der Waals surface area contributed by atoms with Gasteiger partial charge in [-0.25, -0.2) is 0 Å². The Balaban J connectivity index is 1.79. The maximum Gasteiger partial charge on any atom is 0.258 e. The van der Waals surface area contributed by atoms with Gasteiger partial charge in [-0.1, -0.05) is 26.0 Å². The number of rotatable bonds is 6. The first-order chi connectivity index (χ1) is 9.65. The Morgan fingerprint density at radius 1 is 1.45 bits per heavy atom. The predicted molar refractivity (Wildman–Crippen MR) is 76.5 cm³/mol. The smallest absolute Gasteiger partial charge is 0.258 e. The van der Waals surface area contributed by atoms with Gasteiger partial charge in [-0.3, -0.25) is 9.89 Å². The van der Waals surface area contributed by atoms with Crippen LogP contribution in [0.2, 0.25) is 0 Å². The van der Waals surface area contributed by atoms with Gasteiger partial charge >= 0.3 is 0 Å². The van der Waals surface area contributed by atoms with E-state index in [1.807, 2.05) is 18.2 Å². The highest BCUT2D eigenvalue weighted by Crippen LogP contribution is 2.19. The molecule has 0 spiro atoms. The molecule has 1 aromatic carbocycles. The summed E-state index contributed by atoms with van der Waals surface area (Å²) in [7, 11) is 0. The van der Waals surface area contributed by atoms with Crippen LogP contribution in [-0.4, -0.2) is 22.7 Å². The standard InChI is InChI=1S/C15H19N3O2/c1-11(2)13-4-3-5-14(6-13)20-10-15(19)16-7-12-8-17-18-9-12/h3-6,8-9,11H,7,10H2,1-2H3,(H,16,19)(H,17,18). The van der Waals surface area contributed by atoms with Gasteiger partial charge in [0.1, 0.15) is 5.75 Å². The number of carbonyl (C=O) groups is 1. The summed E-state index contributed by atoms with van der Waals surface area (Å²) in [5.74, 6) is 1.00. The summed E-state index contributed by atoms with van der Waals surface area (Å²) >= 11 is 0. The van der Waals surface area contributed by atoms with Crippen molar-refractivity contribution in [1.29, 1.82) is 0 Å². The number of H-pyrrole nitrogens is 1. The average molecular weight is 273 g/mol. The Labute approximate surface area is 118 Å². The molecule has 0 unspecified atom stereocenters. The molecule has 20 heavy (non-hydrogen) atoms. The fraction of sp³-hybridized carbons (Fsp3) is 0.333. The lowest BCUT2D eigenvalue weighted by molar-refractivity contribution is -0.123. The van der Waals surface area contributed by atoms with Crippen molar-refractivity contribution < 1.29 is 9.53 Å². The summed E-state index contributed by atoms with van der Waals surface area (Å²) in [6.45, 7) is 4.71. The molecule has 2 aromatic rings. The molecule has 2 N–H and O–H groups in total. The van der Waals surface area contributed by atoms with E-state index in [0.717, 1.165) is 11.3 Å². The highest BCUT2D eigenvalue weighted by Gasteiger charge is 2.05. The Morgan fingerprint density at radius 2 is 2.30 bits per heavy atom. The van der Waals surface area contributed by atoms with Crippen molar-refractivity contribution >= 4 is 5.91 Å². The monoisotopic (exact) mass is 273 g/mol. The minimum absolute atomic E-state index is 0.0133. The molecule has 106 valence electrons. The molecule has 0 fully saturated rings. The summed E-state index contributed by atoms with van der Waals surface area (Å²) in [5, 5.41) is 9.28. The second-order valence-electron chi connectivity index (χ2n) is 4.90. The molecule has 5 nitrogen and oxygen atoms in total. The van der Waals surface area contributed by atoms with Crippen molar-refractivity contribution in [2.24, 2.45) is 0 Å². The first kappa shape index (κ1) is 14.1. The maximum absolute atomic E-state index is 11.7. The van der Waals surface area contributed by atoms with E-state index < -0.39 is 0 Å². The molecule has 5 heteroatoms. The van der Waals surface area contributed by atoms with Gasteiger partial charge in [-0.15, -0.1) is 0 Å². The Kier molecular flexibility index (Phi) is 4.76. The molecule has 0 saturated carbocycles. The fourth-order valence-electron chi connectivity index (χ4n) is 1.74. The molecule has 1 aromatic heterocycles. The van der Waals surface area contributed by atoms with Crippen molar-refractivity contribution in [3.05, 3.63) is 47.8 Å². The lowest BCUT2D eigenvalue weighted by atomic mass is 10.0. The summed E-state index contributed by atoms with van der Waals surface area (Å²) in [6, 6.07) is 7.81. The van der Waals surface area contributed by atoms with Gasteiger partial charge in [0, 0.05) is 18.3 Å². The summed E-state index contributed by atoms with van der Waals surface area (Å²) in [5.41, 5.74) is 2.13. The van der Waals surface area contributed by atoms with Crippen LogP contribution in [0.4, 0.5) is 0 Å². The van der Waals surface area contributed by atoms with Gasteiger partial charge < -0.3 is 10.1 Å². The van der Waals surface area contributed by atoms with Crippen LogP contribution in [0.5, 0.6) is 5.75 Å². The van der Waals surface area contributed by atoms with Crippen LogP contribution in [0.15, 0.2) is 36.7 Å². The van der Waals surface area contributed by atoms with E-state index in [-0.39, 0.29) is 12.5 Å². The van der Waals surface area contributed by atoms with Crippen LogP contribution in [0.1, 0.15) is 30.9 Å². The Bertz CT molecular complexity index is 550. The lowest BCUT2D eigenvalue weighted by Gasteiger charge is -2.10. The van der Waals surface area contributed by atoms with Crippen LogP contribution in [0.25, 0.3) is 0 Å². The first-order valence-electron chi connectivity index (χ1n) is 6.62. The maximum atomic E-state index is 11.7. The van der Waals surface area contributed by atoms with Crippen molar-refractivity contribution in [3.8, 4) is 5.75 Å². The molecular weight excluding hydrogens is 254 g/mol. The largest absolute Gasteiger partial charge is 0.484 e. The lowest BCUT2D eigenvalue weighted by Crippen LogP contribution is -2.28. The summed E-state index contributed by atoms with van der Waals surface area (Å²) in [4.78, 5) is 11.7. The van der Waals surface area contributed by atoms with Crippen LogP contribution in [-0.2, 0) is 11.3 Å². The normalized spacial score (nSPS) is 10.6. The fourth-order valence-corrected chi connectivity index (χ4v) is 1.74. The summed E-state index contributed by atoms with van der Waals surface area (Å²) in [6.07, 6.45) is 3.42. The number of nitrogens with one attached hydrogen (secondary N) is 2. The number of benzene rings is 1. The Hall–Kier alpha value is -2.30. The first-order valence-corrected chi connectivity index (χ1v) is 6.62. The number of nitrogens with zero attached hydrogens (tertiary/aromatic N) is 1. The molecule has 0 atom stereocenters. The van der Waals surface area contributed by atoms with Crippen molar-refractivity contribution in [2.75, 3.05) is 6.61 Å². The van der Waals surface area contributed by atoms with Crippen molar-refractivity contribution in [3.63, 3.8) is 0 Å². The van der Waals surface area contributed by atoms with Gasteiger partial charge in [0.15, 0.2) is 6.61 Å². The molecule has 1 amide bonds. The quantitative estimate of drug-likeness (QED) is 0.848. The molecular formula is C15H19N3O2. The van der Waals surface area contributed by atoms with Crippen molar-refractivity contribution in [2.45, 2.75) is 26.3 Å². The van der Waals surface area contributed by atoms with Crippen LogP contribution in [0, 0.1) is 0 Å². The van der Waals surface area contributed by atoms with Gasteiger partial charge in [-0.05, 0) is 23.6 Å². The zero-order chi connectivity index (χ0) is 14.4. The second kappa shape index (κ2) is 6.75. The van der Waals surface area contributed by atoms with Gasteiger partial charge in [0.2, 0.25) is 0 Å². The van der Waals surface area contributed by atoms with E-state index in [2.05, 4.69) is 35.4 Å². The Morgan fingerprint density at radius 3 is 3.00 bits per heavy atom. The van der Waals surface area contributed by atoms with Crippen LogP contribution >= 0.6 is 0 Å². The number of carbonyl (C=O) groups excluding carboxylic acids is 1. The minimum atomic E-state index is -0.152. The number of aromatic amines is 1. The number of ether oxygens (including phenoxy) is 1. The molecule has 2 rings (SSSR count). The molecule has 0 radical (unpaired) electrons. The van der Waals surface area contributed by atoms with E-state index in [9.17, 15) is 4.79 Å². The van der Waals surface area contributed by atoms with Crippen LogP contribution in [0.3, 0.4) is 0 Å². The minimum Gasteiger partial charge on any atom is -0.484 e. The third-order valence-corrected chi connectivity index (χ3v) is 2.94. The van der Waals surface area contributed by atoms with Gasteiger partial charge in [0.05, 0.1) is 6.20 Å². The van der Waals surface area contributed by atoms with Crippen LogP contribution < -0.4 is 10.1 Å². The number of hydrogen-bond donors (Lipinski definition) is 2. The number of amides is 1. The average Bonchev–Trinajstić information content (AvgIpc) is 2.96. The zero-order valence-electron chi connectivity index (χ0n) is 11.7. The number of aromatic nitrogens is 2. The molecule has 1 heterocycles. The van der Waals surface area contributed by atoms with E-state index in [1.54, 1.807) is 12.4 Å². The third-order valence-electron chi connectivity index (χ3n) is 2.94. The highest BCUT2D eigenvalue weighted by atomic mass is 16.5. The van der Waals surface area contributed by atoms with Crippen molar-refractivity contribution in [1.82, 2.24) is 15.5 Å². The molecule has 0 bridgehead atoms. The number of hydrogen-bond acceptors (Lipinski definition) is 3. The summed E-state index contributed by atoms with van der Waals surface area (Å²) < 4.78 is 5.49. The predicted octanol–water partition coefficient (Wildman–Crippen LogP) is 2.23. The zero-order valence-corrected chi connectivity index (χ0v) is 11.7. The van der Waals surface area contributed by atoms with Gasteiger partial charge in [0.25, 0.3) is 5.91 Å². The van der Waals surface area contributed by atoms with E-state index in [4.69, 9.17) is 4.74 Å². The second-order valence-corrected chi connectivity index (χ2v) is 4.90. The highest BCUT2D eigenvalue weighted by molar-refractivity contribution is 5.77. The molecule has 0 saturated heterocycles. The third kappa shape index (κ3) is 4.12. The molecule has 0 aliphatic carbocycles. The van der Waals surface area contributed by atoms with Gasteiger partial charge in [-0.2, -0.15) is 5.10 Å². The topological polar surface area (TPSA) is 67.0 Å². The molecule has 0 aliphatic heterocycles. The van der Waals surface area contributed by atoms with E-state index in [1.165, 1.54) is 5.56 Å².